The molecule has 0 saturated heterocycles. The van der Waals surface area contributed by atoms with E-state index >= 15 is 0 Å². The first-order valence-electron chi connectivity index (χ1n) is 6.15. The zero-order chi connectivity index (χ0) is 15.9. The van der Waals surface area contributed by atoms with Crippen LogP contribution >= 0.6 is 0 Å². The number of hydrogen-bond acceptors (Lipinski definition) is 2. The van der Waals surface area contributed by atoms with E-state index in [1.807, 2.05) is 0 Å². The summed E-state index contributed by atoms with van der Waals surface area (Å²) in [5, 5.41) is 10.1. The summed E-state index contributed by atoms with van der Waals surface area (Å²) in [6.07, 6.45) is 1.05. The van der Waals surface area contributed by atoms with Crippen molar-refractivity contribution in [2.75, 3.05) is 0 Å². The van der Waals surface area contributed by atoms with Gasteiger partial charge < -0.3 is 10.1 Å². The number of benzene rings is 2. The molecule has 0 aliphatic rings. The standard InChI is InChI=1S/C15H8F4N2O/c16-7-1-3-11-8(5-7)9(15(22)21-11)6-20-12-4-2-10(17)13(18)14(12)19/h1-6,21-22H. The molecule has 3 rings (SSSR count). The molecule has 3 aromatic rings. The number of fused-ring (bicyclic) bond motifs is 1. The first kappa shape index (κ1) is 14.1. The molecule has 0 fully saturated rings. The number of halogens is 4. The highest BCUT2D eigenvalue weighted by atomic mass is 19.2. The van der Waals surface area contributed by atoms with Crippen molar-refractivity contribution in [1.82, 2.24) is 4.98 Å². The van der Waals surface area contributed by atoms with Crippen molar-refractivity contribution >= 4 is 22.8 Å². The predicted octanol–water partition coefficient (Wildman–Crippen LogP) is 4.18. The summed E-state index contributed by atoms with van der Waals surface area (Å²) in [7, 11) is 0. The van der Waals surface area contributed by atoms with E-state index in [1.54, 1.807) is 0 Å². The van der Waals surface area contributed by atoms with Crippen LogP contribution in [-0.2, 0) is 0 Å². The molecule has 2 aromatic carbocycles. The van der Waals surface area contributed by atoms with Gasteiger partial charge >= 0.3 is 0 Å². The van der Waals surface area contributed by atoms with Crippen LogP contribution in [0.25, 0.3) is 10.9 Å². The van der Waals surface area contributed by atoms with Gasteiger partial charge in [0.1, 0.15) is 11.5 Å². The molecule has 0 radical (unpaired) electrons. The number of hydrogen-bond donors (Lipinski definition) is 2. The summed E-state index contributed by atoms with van der Waals surface area (Å²) in [5.74, 6) is -5.23. The maximum atomic E-state index is 13.5. The van der Waals surface area contributed by atoms with Crippen molar-refractivity contribution in [2.45, 2.75) is 0 Å². The second kappa shape index (κ2) is 5.18. The highest BCUT2D eigenvalue weighted by Crippen LogP contribution is 2.28. The maximum Gasteiger partial charge on any atom is 0.198 e. The predicted molar refractivity (Wildman–Crippen MR) is 73.5 cm³/mol. The minimum absolute atomic E-state index is 0.110. The van der Waals surface area contributed by atoms with E-state index in [-0.39, 0.29) is 11.4 Å². The SMILES string of the molecule is Oc1[nH]c2ccc(F)cc2c1C=Nc1ccc(F)c(F)c1F. The topological polar surface area (TPSA) is 48.4 Å². The van der Waals surface area contributed by atoms with Crippen LogP contribution in [0.2, 0.25) is 0 Å². The molecule has 22 heavy (non-hydrogen) atoms. The van der Waals surface area contributed by atoms with Crippen molar-refractivity contribution in [1.29, 1.82) is 0 Å². The summed E-state index contributed by atoms with van der Waals surface area (Å²) in [5.41, 5.74) is 0.119. The van der Waals surface area contributed by atoms with Crippen molar-refractivity contribution in [2.24, 2.45) is 4.99 Å². The third kappa shape index (κ3) is 2.30. The number of aromatic amines is 1. The Morgan fingerprint density at radius 1 is 1.00 bits per heavy atom. The number of rotatable bonds is 2. The normalized spacial score (nSPS) is 11.6. The van der Waals surface area contributed by atoms with Crippen molar-refractivity contribution in [3.63, 3.8) is 0 Å². The van der Waals surface area contributed by atoms with Crippen LogP contribution in [0.15, 0.2) is 35.3 Å². The average Bonchev–Trinajstić information content (AvgIpc) is 2.79. The Morgan fingerprint density at radius 2 is 1.77 bits per heavy atom. The van der Waals surface area contributed by atoms with E-state index in [1.165, 1.54) is 12.1 Å². The molecule has 112 valence electrons. The Balaban J connectivity index is 2.08. The van der Waals surface area contributed by atoms with E-state index in [4.69, 9.17) is 0 Å². The molecule has 0 aliphatic heterocycles. The zero-order valence-corrected chi connectivity index (χ0v) is 10.9. The Bertz CT molecular complexity index is 902. The molecule has 3 nitrogen and oxygen atoms in total. The number of H-pyrrole nitrogens is 1. The van der Waals surface area contributed by atoms with Crippen LogP contribution in [0.1, 0.15) is 5.56 Å². The van der Waals surface area contributed by atoms with Crippen LogP contribution in [0.3, 0.4) is 0 Å². The molecule has 0 spiro atoms. The second-order valence-corrected chi connectivity index (χ2v) is 4.53. The van der Waals surface area contributed by atoms with Crippen LogP contribution in [0.4, 0.5) is 23.2 Å². The molecule has 0 saturated carbocycles. The Morgan fingerprint density at radius 3 is 2.55 bits per heavy atom. The van der Waals surface area contributed by atoms with Crippen molar-refractivity contribution in [3.05, 3.63) is 59.2 Å². The van der Waals surface area contributed by atoms with E-state index in [9.17, 15) is 22.7 Å². The molecule has 0 aliphatic carbocycles. The molecule has 7 heteroatoms. The van der Waals surface area contributed by atoms with E-state index in [2.05, 4.69) is 9.98 Å². The molecular formula is C15H8F4N2O. The summed E-state index contributed by atoms with van der Waals surface area (Å²) in [4.78, 5) is 6.28. The van der Waals surface area contributed by atoms with Crippen LogP contribution in [0.5, 0.6) is 5.88 Å². The van der Waals surface area contributed by atoms with Gasteiger partial charge in [0.25, 0.3) is 0 Å². The third-order valence-electron chi connectivity index (χ3n) is 3.13. The van der Waals surface area contributed by atoms with Gasteiger partial charge in [-0.1, -0.05) is 0 Å². The zero-order valence-electron chi connectivity index (χ0n) is 10.9. The molecular weight excluding hydrogens is 300 g/mol. The number of nitrogens with zero attached hydrogens (tertiary/aromatic N) is 1. The summed E-state index contributed by atoms with van der Waals surface area (Å²) in [6, 6.07) is 5.47. The molecule has 2 N–H and O–H groups in total. The highest BCUT2D eigenvalue weighted by Gasteiger charge is 2.14. The maximum absolute atomic E-state index is 13.5. The molecule has 0 atom stereocenters. The minimum atomic E-state index is -1.64. The highest BCUT2D eigenvalue weighted by molar-refractivity contribution is 6.02. The lowest BCUT2D eigenvalue weighted by Gasteiger charge is -1.99. The van der Waals surface area contributed by atoms with Gasteiger partial charge in [-0.2, -0.15) is 0 Å². The van der Waals surface area contributed by atoms with Crippen LogP contribution in [-0.4, -0.2) is 16.3 Å². The summed E-state index contributed by atoms with van der Waals surface area (Å²) < 4.78 is 52.7. The van der Waals surface area contributed by atoms with Crippen molar-refractivity contribution in [3.8, 4) is 5.88 Å². The van der Waals surface area contributed by atoms with Gasteiger partial charge in [0.05, 0.1) is 5.56 Å². The Labute approximate surface area is 121 Å². The van der Waals surface area contributed by atoms with Gasteiger partial charge in [-0.05, 0) is 30.3 Å². The quantitative estimate of drug-likeness (QED) is 0.416. The van der Waals surface area contributed by atoms with E-state index < -0.39 is 29.0 Å². The fourth-order valence-corrected chi connectivity index (χ4v) is 2.05. The molecule has 1 aromatic heterocycles. The number of aliphatic imine (C=N–C) groups is 1. The number of nitrogens with one attached hydrogen (secondary N) is 1. The van der Waals surface area contributed by atoms with Gasteiger partial charge in [-0.3, -0.25) is 4.99 Å². The van der Waals surface area contributed by atoms with Gasteiger partial charge in [0.2, 0.25) is 0 Å². The average molecular weight is 308 g/mol. The lowest BCUT2D eigenvalue weighted by molar-refractivity contribution is 0.448. The minimum Gasteiger partial charge on any atom is -0.494 e. The van der Waals surface area contributed by atoms with E-state index in [0.717, 1.165) is 24.4 Å². The van der Waals surface area contributed by atoms with Gasteiger partial charge in [-0.15, -0.1) is 0 Å². The number of aromatic hydroxyl groups is 1. The van der Waals surface area contributed by atoms with Crippen LogP contribution < -0.4 is 0 Å². The fourth-order valence-electron chi connectivity index (χ4n) is 2.05. The smallest absolute Gasteiger partial charge is 0.198 e. The van der Waals surface area contributed by atoms with Crippen molar-refractivity contribution < 1.29 is 22.7 Å². The molecule has 0 unspecified atom stereocenters. The van der Waals surface area contributed by atoms with E-state index in [0.29, 0.717) is 10.9 Å². The summed E-state index contributed by atoms with van der Waals surface area (Å²) in [6.45, 7) is 0. The monoisotopic (exact) mass is 308 g/mol. The summed E-state index contributed by atoms with van der Waals surface area (Å²) >= 11 is 0. The number of aromatic nitrogens is 1. The lowest BCUT2D eigenvalue weighted by Crippen LogP contribution is -1.90. The Kier molecular flexibility index (Phi) is 3.32. The van der Waals surface area contributed by atoms with Gasteiger partial charge in [-0.25, -0.2) is 17.6 Å². The largest absolute Gasteiger partial charge is 0.494 e. The van der Waals surface area contributed by atoms with Gasteiger partial charge in [0, 0.05) is 17.1 Å². The Hall–Kier alpha value is -2.83. The molecule has 0 amide bonds. The second-order valence-electron chi connectivity index (χ2n) is 4.53. The first-order chi connectivity index (χ1) is 10.5. The van der Waals surface area contributed by atoms with Gasteiger partial charge in [0.15, 0.2) is 23.3 Å². The third-order valence-corrected chi connectivity index (χ3v) is 3.13. The lowest BCUT2D eigenvalue weighted by atomic mass is 10.2. The van der Waals surface area contributed by atoms with Crippen LogP contribution in [0, 0.1) is 23.3 Å². The fraction of sp³-hybridized carbons (Fsp3) is 0. The molecule has 0 bridgehead atoms. The molecule has 1 heterocycles. The first-order valence-corrected chi connectivity index (χ1v) is 6.15.